The molecule has 1 saturated heterocycles. The number of methoxy groups -OCH3 is 1. The lowest BCUT2D eigenvalue weighted by atomic mass is 9.98. The minimum atomic E-state index is -0.716. The number of nitrogens with zero attached hydrogens (tertiary/aromatic N) is 3. The van der Waals surface area contributed by atoms with Crippen LogP contribution in [-0.2, 0) is 27.4 Å². The number of aromatic hydroxyl groups is 1. The van der Waals surface area contributed by atoms with Gasteiger partial charge in [-0.25, -0.2) is 14.2 Å². The number of hydrogen-bond donors (Lipinski definition) is 1. The molecule has 9 heteroatoms. The van der Waals surface area contributed by atoms with E-state index in [2.05, 4.69) is 0 Å². The number of para-hydroxylation sites is 1. The van der Waals surface area contributed by atoms with Crippen molar-refractivity contribution < 1.29 is 28.6 Å². The lowest BCUT2D eigenvalue weighted by Gasteiger charge is -2.29. The van der Waals surface area contributed by atoms with Gasteiger partial charge in [0.05, 0.1) is 42.9 Å². The normalized spacial score (nSPS) is 18.1. The maximum atomic E-state index is 13.8. The van der Waals surface area contributed by atoms with E-state index in [1.54, 1.807) is 29.2 Å². The molecule has 176 valence electrons. The van der Waals surface area contributed by atoms with E-state index in [4.69, 9.17) is 14.5 Å². The Bertz CT molecular complexity index is 1310. The van der Waals surface area contributed by atoms with Crippen LogP contribution in [0.25, 0.3) is 16.6 Å². The van der Waals surface area contributed by atoms with Gasteiger partial charge in [0.15, 0.2) is 11.6 Å². The molecule has 34 heavy (non-hydrogen) atoms. The summed E-state index contributed by atoms with van der Waals surface area (Å²) in [6.07, 6.45) is 2.90. The highest BCUT2D eigenvalue weighted by Gasteiger charge is 2.26. The Morgan fingerprint density at radius 2 is 2.15 bits per heavy atom. The molecule has 1 aromatic heterocycles. The minimum absolute atomic E-state index is 0.0532. The topological polar surface area (TPSA) is 93.9 Å². The van der Waals surface area contributed by atoms with Crippen LogP contribution < -0.4 is 0 Å². The number of esters is 1. The number of carbonyl (C=O) groups is 2. The van der Waals surface area contributed by atoms with Crippen LogP contribution in [0, 0.1) is 5.82 Å². The monoisotopic (exact) mass is 465 g/mol. The SMILES string of the molecule is COC(=O)c1ccc2nc(CN3CCC(c4cccc(F)c4O)=CC3=O)n(C[C@@H]3CCO3)c2c1. The van der Waals surface area contributed by atoms with Gasteiger partial charge in [-0.15, -0.1) is 0 Å². The molecule has 8 nitrogen and oxygen atoms in total. The van der Waals surface area contributed by atoms with Crippen molar-refractivity contribution in [3.63, 3.8) is 0 Å². The highest BCUT2D eigenvalue weighted by atomic mass is 19.1. The van der Waals surface area contributed by atoms with Crippen molar-refractivity contribution in [3.05, 3.63) is 65.2 Å². The maximum absolute atomic E-state index is 13.8. The van der Waals surface area contributed by atoms with Crippen molar-refractivity contribution in [2.45, 2.75) is 32.0 Å². The highest BCUT2D eigenvalue weighted by molar-refractivity contribution is 5.97. The van der Waals surface area contributed by atoms with Gasteiger partial charge in [-0.2, -0.15) is 0 Å². The summed E-state index contributed by atoms with van der Waals surface area (Å²) in [6.45, 7) is 1.95. The molecule has 2 aliphatic heterocycles. The summed E-state index contributed by atoms with van der Waals surface area (Å²) in [6, 6.07) is 9.48. The number of hydrogen-bond acceptors (Lipinski definition) is 6. The van der Waals surface area contributed by atoms with Crippen molar-refractivity contribution in [1.82, 2.24) is 14.5 Å². The third kappa shape index (κ3) is 4.03. The smallest absolute Gasteiger partial charge is 0.337 e. The Morgan fingerprint density at radius 3 is 2.85 bits per heavy atom. The second kappa shape index (κ2) is 8.90. The molecule has 3 aromatic rings. The molecule has 5 rings (SSSR count). The van der Waals surface area contributed by atoms with Crippen molar-refractivity contribution >= 4 is 28.5 Å². The Hall–Kier alpha value is -3.72. The molecule has 0 aliphatic carbocycles. The second-order valence-electron chi connectivity index (χ2n) is 8.43. The first-order chi connectivity index (χ1) is 16.4. The maximum Gasteiger partial charge on any atom is 0.337 e. The van der Waals surface area contributed by atoms with Crippen LogP contribution in [0.5, 0.6) is 5.75 Å². The van der Waals surface area contributed by atoms with Gasteiger partial charge in [0.2, 0.25) is 5.91 Å². The van der Waals surface area contributed by atoms with Crippen LogP contribution >= 0.6 is 0 Å². The standard InChI is InChI=1S/C25H24FN3O5/c1-33-25(32)16-5-6-20-21(11-16)29(13-17-8-10-34-17)22(27-20)14-28-9-7-15(12-23(28)30)18-3-2-4-19(26)24(18)31/h2-6,11-12,17,31H,7-10,13-14H2,1H3/t17-/m0/s1. The fourth-order valence-corrected chi connectivity index (χ4v) is 4.37. The third-order valence-electron chi connectivity index (χ3n) is 6.35. The lowest BCUT2D eigenvalue weighted by molar-refractivity contribution is -0.127. The molecule has 2 aliphatic rings. The average molecular weight is 465 g/mol. The van der Waals surface area contributed by atoms with Crippen LogP contribution in [0.15, 0.2) is 42.5 Å². The Labute approximate surface area is 195 Å². The zero-order valence-electron chi connectivity index (χ0n) is 18.7. The lowest BCUT2D eigenvalue weighted by Crippen LogP contribution is -2.36. The number of amides is 1. The van der Waals surface area contributed by atoms with E-state index >= 15 is 0 Å². The van der Waals surface area contributed by atoms with Gasteiger partial charge in [-0.05, 0) is 42.7 Å². The summed E-state index contributed by atoms with van der Waals surface area (Å²) in [5, 5.41) is 10.0. The molecule has 0 unspecified atom stereocenters. The molecule has 0 saturated carbocycles. The summed E-state index contributed by atoms with van der Waals surface area (Å²) in [5.41, 5.74) is 2.84. The van der Waals surface area contributed by atoms with Crippen molar-refractivity contribution in [1.29, 1.82) is 0 Å². The Kier molecular flexibility index (Phi) is 5.79. The summed E-state index contributed by atoms with van der Waals surface area (Å²) < 4.78 is 26.2. The van der Waals surface area contributed by atoms with E-state index in [9.17, 15) is 19.1 Å². The summed E-state index contributed by atoms with van der Waals surface area (Å²) >= 11 is 0. The van der Waals surface area contributed by atoms with E-state index in [1.165, 1.54) is 25.3 Å². The number of halogens is 1. The molecular weight excluding hydrogens is 441 g/mol. The Balaban J connectivity index is 1.44. The quantitative estimate of drug-likeness (QED) is 0.562. The van der Waals surface area contributed by atoms with Crippen molar-refractivity contribution in [3.8, 4) is 5.75 Å². The van der Waals surface area contributed by atoms with Gasteiger partial charge in [0.1, 0.15) is 5.82 Å². The molecule has 0 bridgehead atoms. The predicted octanol–water partition coefficient (Wildman–Crippen LogP) is 3.27. The zero-order chi connectivity index (χ0) is 23.8. The number of imidazole rings is 1. The fourth-order valence-electron chi connectivity index (χ4n) is 4.37. The number of benzene rings is 2. The van der Waals surface area contributed by atoms with Crippen molar-refractivity contribution in [2.24, 2.45) is 0 Å². The van der Waals surface area contributed by atoms with E-state index in [1.807, 2.05) is 4.57 Å². The van der Waals surface area contributed by atoms with Gasteiger partial charge in [-0.3, -0.25) is 4.79 Å². The van der Waals surface area contributed by atoms with Crippen LogP contribution in [0.2, 0.25) is 0 Å². The Morgan fingerprint density at radius 1 is 1.32 bits per heavy atom. The largest absolute Gasteiger partial charge is 0.504 e. The highest BCUT2D eigenvalue weighted by Crippen LogP contribution is 2.32. The number of aromatic nitrogens is 2. The van der Waals surface area contributed by atoms with Gasteiger partial charge < -0.3 is 24.0 Å². The first kappa shape index (κ1) is 22.1. The number of phenolic OH excluding ortho intramolecular Hbond substituents is 1. The van der Waals surface area contributed by atoms with Gasteiger partial charge >= 0.3 is 5.97 Å². The molecular formula is C25H24FN3O5. The van der Waals surface area contributed by atoms with E-state index in [0.717, 1.165) is 11.9 Å². The fraction of sp³-hybridized carbons (Fsp3) is 0.320. The van der Waals surface area contributed by atoms with Gasteiger partial charge in [0.25, 0.3) is 0 Å². The van der Waals surface area contributed by atoms with Crippen LogP contribution in [0.1, 0.15) is 34.6 Å². The molecule has 1 amide bonds. The first-order valence-electron chi connectivity index (χ1n) is 11.1. The molecule has 3 heterocycles. The van der Waals surface area contributed by atoms with Crippen LogP contribution in [0.4, 0.5) is 4.39 Å². The van der Waals surface area contributed by atoms with E-state index in [-0.39, 0.29) is 18.6 Å². The number of rotatable bonds is 6. The molecule has 1 fully saturated rings. The van der Waals surface area contributed by atoms with Gasteiger partial charge in [-0.1, -0.05) is 12.1 Å². The zero-order valence-corrected chi connectivity index (χ0v) is 18.7. The summed E-state index contributed by atoms with van der Waals surface area (Å²) in [7, 11) is 1.34. The number of ether oxygens (including phenoxy) is 2. The predicted molar refractivity (Wildman–Crippen MR) is 122 cm³/mol. The number of fused-ring (bicyclic) bond motifs is 1. The molecule has 1 N–H and O–H groups in total. The minimum Gasteiger partial charge on any atom is -0.504 e. The average Bonchev–Trinajstić information content (AvgIpc) is 3.15. The molecule has 0 radical (unpaired) electrons. The molecule has 2 aromatic carbocycles. The van der Waals surface area contributed by atoms with Crippen LogP contribution in [0.3, 0.4) is 0 Å². The summed E-state index contributed by atoms with van der Waals surface area (Å²) in [5.74, 6) is -1.14. The first-order valence-corrected chi connectivity index (χ1v) is 11.1. The molecule has 0 spiro atoms. The van der Waals surface area contributed by atoms with Crippen LogP contribution in [-0.4, -0.2) is 57.8 Å². The number of carbonyl (C=O) groups excluding carboxylic acids is 2. The van der Waals surface area contributed by atoms with E-state index in [0.29, 0.717) is 54.2 Å². The second-order valence-corrected chi connectivity index (χ2v) is 8.43. The number of phenols is 1. The van der Waals surface area contributed by atoms with Crippen molar-refractivity contribution in [2.75, 3.05) is 20.3 Å². The summed E-state index contributed by atoms with van der Waals surface area (Å²) in [4.78, 5) is 31.4. The van der Waals surface area contributed by atoms with E-state index < -0.39 is 17.5 Å². The molecule has 1 atom stereocenters. The van der Waals surface area contributed by atoms with Gasteiger partial charge in [0, 0.05) is 24.8 Å². The third-order valence-corrected chi connectivity index (χ3v) is 6.35.